The van der Waals surface area contributed by atoms with Crippen LogP contribution in [-0.2, 0) is 23.1 Å². The topological polar surface area (TPSA) is 98.0 Å². The number of sulfonamides is 1. The Morgan fingerprint density at radius 3 is 2.75 bits per heavy atom. The Kier molecular flexibility index (Phi) is 4.66. The molecule has 0 aliphatic carbocycles. The predicted molar refractivity (Wildman–Crippen MR) is 75.4 cm³/mol. The van der Waals surface area contributed by atoms with Crippen molar-refractivity contribution in [1.82, 2.24) is 14.9 Å². The van der Waals surface area contributed by atoms with E-state index in [1.807, 2.05) is 0 Å². The normalized spacial score (nSPS) is 11.5. The van der Waals surface area contributed by atoms with Gasteiger partial charge in [0.1, 0.15) is 0 Å². The van der Waals surface area contributed by atoms with Gasteiger partial charge < -0.3 is 5.73 Å². The van der Waals surface area contributed by atoms with E-state index < -0.39 is 10.0 Å². The van der Waals surface area contributed by atoms with E-state index in [9.17, 15) is 8.42 Å². The smallest absolute Gasteiger partial charge is 0.240 e. The van der Waals surface area contributed by atoms with E-state index >= 15 is 0 Å². The number of aromatic nitrogens is 2. The highest BCUT2D eigenvalue weighted by molar-refractivity contribution is 7.89. The summed E-state index contributed by atoms with van der Waals surface area (Å²) in [7, 11) is -3.64. The SMILES string of the molecule is NCc1cc(S(=O)(=O)NCc2cccnn2)ccc1Cl. The quantitative estimate of drug-likeness (QED) is 0.860. The number of benzene rings is 1. The third-order valence-electron chi connectivity index (χ3n) is 2.62. The van der Waals surface area contributed by atoms with Crippen molar-refractivity contribution in [3.05, 3.63) is 52.8 Å². The van der Waals surface area contributed by atoms with Gasteiger partial charge in [-0.2, -0.15) is 10.2 Å². The molecule has 0 aliphatic rings. The molecule has 2 aromatic rings. The number of nitrogens with one attached hydrogen (secondary N) is 1. The predicted octanol–water partition coefficient (Wildman–Crippen LogP) is 1.07. The standard InChI is InChI=1S/C12H13ClN4O2S/c13-12-4-3-11(6-9(12)7-14)20(18,19)16-8-10-2-1-5-15-17-10/h1-6,16H,7-8,14H2. The Hall–Kier alpha value is -1.54. The molecule has 0 spiro atoms. The largest absolute Gasteiger partial charge is 0.326 e. The third-order valence-corrected chi connectivity index (χ3v) is 4.39. The van der Waals surface area contributed by atoms with Gasteiger partial charge in [-0.25, -0.2) is 13.1 Å². The van der Waals surface area contributed by atoms with Crippen LogP contribution in [0.2, 0.25) is 5.02 Å². The molecule has 0 saturated heterocycles. The fraction of sp³-hybridized carbons (Fsp3) is 0.167. The summed E-state index contributed by atoms with van der Waals surface area (Å²) in [6.07, 6.45) is 1.52. The van der Waals surface area contributed by atoms with E-state index in [4.69, 9.17) is 17.3 Å². The van der Waals surface area contributed by atoms with Gasteiger partial charge in [0.2, 0.25) is 10.0 Å². The zero-order valence-corrected chi connectivity index (χ0v) is 12.0. The molecule has 1 heterocycles. The van der Waals surface area contributed by atoms with E-state index in [0.29, 0.717) is 16.3 Å². The Balaban J connectivity index is 2.18. The molecule has 0 fully saturated rings. The summed E-state index contributed by atoms with van der Waals surface area (Å²) in [6.45, 7) is 0.239. The molecule has 106 valence electrons. The second-order valence-electron chi connectivity index (χ2n) is 4.00. The first-order chi connectivity index (χ1) is 9.53. The zero-order valence-electron chi connectivity index (χ0n) is 10.5. The number of hydrogen-bond donors (Lipinski definition) is 2. The second kappa shape index (κ2) is 6.27. The van der Waals surface area contributed by atoms with Crippen LogP contribution >= 0.6 is 11.6 Å². The van der Waals surface area contributed by atoms with Crippen molar-refractivity contribution >= 4 is 21.6 Å². The van der Waals surface area contributed by atoms with E-state index in [0.717, 1.165) is 0 Å². The van der Waals surface area contributed by atoms with Gasteiger partial charge in [-0.1, -0.05) is 11.6 Å². The number of nitrogens with zero attached hydrogens (tertiary/aromatic N) is 2. The first-order valence-electron chi connectivity index (χ1n) is 5.77. The molecule has 0 aliphatic heterocycles. The van der Waals surface area contributed by atoms with Crippen LogP contribution in [0.15, 0.2) is 41.4 Å². The zero-order chi connectivity index (χ0) is 14.6. The molecule has 20 heavy (non-hydrogen) atoms. The highest BCUT2D eigenvalue weighted by Crippen LogP contribution is 2.20. The summed E-state index contributed by atoms with van der Waals surface area (Å²) in [4.78, 5) is 0.117. The Morgan fingerprint density at radius 1 is 1.30 bits per heavy atom. The van der Waals surface area contributed by atoms with Crippen LogP contribution in [0, 0.1) is 0 Å². The molecule has 2 rings (SSSR count). The van der Waals surface area contributed by atoms with Gasteiger partial charge in [0.05, 0.1) is 17.1 Å². The molecule has 0 unspecified atom stereocenters. The molecule has 1 aromatic heterocycles. The van der Waals surface area contributed by atoms with Crippen LogP contribution in [-0.4, -0.2) is 18.6 Å². The van der Waals surface area contributed by atoms with E-state index in [1.165, 1.54) is 24.4 Å². The van der Waals surface area contributed by atoms with Crippen molar-refractivity contribution in [2.75, 3.05) is 0 Å². The number of rotatable bonds is 5. The van der Waals surface area contributed by atoms with Crippen molar-refractivity contribution in [2.24, 2.45) is 5.73 Å². The van der Waals surface area contributed by atoms with E-state index in [1.54, 1.807) is 12.1 Å². The summed E-state index contributed by atoms with van der Waals surface area (Å²) in [6, 6.07) is 7.77. The summed E-state index contributed by atoms with van der Waals surface area (Å²) < 4.78 is 26.7. The highest BCUT2D eigenvalue weighted by atomic mass is 35.5. The molecule has 8 heteroatoms. The van der Waals surface area contributed by atoms with Crippen molar-refractivity contribution < 1.29 is 8.42 Å². The van der Waals surface area contributed by atoms with Crippen LogP contribution in [0.1, 0.15) is 11.3 Å². The first kappa shape index (κ1) is 14.9. The van der Waals surface area contributed by atoms with E-state index in [2.05, 4.69) is 14.9 Å². The molecule has 0 radical (unpaired) electrons. The Morgan fingerprint density at radius 2 is 2.10 bits per heavy atom. The van der Waals surface area contributed by atoms with Gasteiger partial charge in [-0.05, 0) is 35.9 Å². The lowest BCUT2D eigenvalue weighted by atomic mass is 10.2. The lowest BCUT2D eigenvalue weighted by Gasteiger charge is -2.08. The molecule has 0 bridgehead atoms. The molecule has 0 amide bonds. The monoisotopic (exact) mass is 312 g/mol. The maximum absolute atomic E-state index is 12.1. The van der Waals surface area contributed by atoms with Gasteiger partial charge in [0, 0.05) is 17.8 Å². The minimum absolute atomic E-state index is 0.0662. The van der Waals surface area contributed by atoms with Gasteiger partial charge in [0.25, 0.3) is 0 Å². The maximum atomic E-state index is 12.1. The number of nitrogens with two attached hydrogens (primary N) is 1. The summed E-state index contributed by atoms with van der Waals surface area (Å²) >= 11 is 5.91. The molecule has 1 aromatic carbocycles. The fourth-order valence-electron chi connectivity index (χ4n) is 1.55. The van der Waals surface area contributed by atoms with E-state index in [-0.39, 0.29) is 18.0 Å². The van der Waals surface area contributed by atoms with Gasteiger partial charge in [0.15, 0.2) is 0 Å². The van der Waals surface area contributed by atoms with Crippen LogP contribution < -0.4 is 10.5 Å². The number of halogens is 1. The summed E-state index contributed by atoms with van der Waals surface area (Å²) in [5, 5.41) is 7.93. The average Bonchev–Trinajstić information content (AvgIpc) is 2.46. The highest BCUT2D eigenvalue weighted by Gasteiger charge is 2.15. The molecule has 0 saturated carbocycles. The minimum Gasteiger partial charge on any atom is -0.326 e. The lowest BCUT2D eigenvalue weighted by Crippen LogP contribution is -2.24. The van der Waals surface area contributed by atoms with Crippen LogP contribution in [0.3, 0.4) is 0 Å². The Bertz CT molecular complexity index is 692. The van der Waals surface area contributed by atoms with Crippen LogP contribution in [0.5, 0.6) is 0 Å². The second-order valence-corrected chi connectivity index (χ2v) is 6.17. The Labute approximate surface area is 122 Å². The lowest BCUT2D eigenvalue weighted by molar-refractivity contribution is 0.580. The summed E-state index contributed by atoms with van der Waals surface area (Å²) in [5.41, 5.74) is 6.62. The van der Waals surface area contributed by atoms with Crippen molar-refractivity contribution in [3.8, 4) is 0 Å². The van der Waals surface area contributed by atoms with Gasteiger partial charge >= 0.3 is 0 Å². The molecule has 6 nitrogen and oxygen atoms in total. The van der Waals surface area contributed by atoms with Crippen molar-refractivity contribution in [2.45, 2.75) is 18.0 Å². The first-order valence-corrected chi connectivity index (χ1v) is 7.64. The maximum Gasteiger partial charge on any atom is 0.240 e. The molecule has 3 N–H and O–H groups in total. The molecular formula is C12H13ClN4O2S. The van der Waals surface area contributed by atoms with Gasteiger partial charge in [-0.15, -0.1) is 0 Å². The van der Waals surface area contributed by atoms with Crippen molar-refractivity contribution in [3.63, 3.8) is 0 Å². The average molecular weight is 313 g/mol. The minimum atomic E-state index is -3.64. The molecule has 0 atom stereocenters. The van der Waals surface area contributed by atoms with Crippen molar-refractivity contribution in [1.29, 1.82) is 0 Å². The van der Waals surface area contributed by atoms with Crippen LogP contribution in [0.4, 0.5) is 0 Å². The fourth-order valence-corrected chi connectivity index (χ4v) is 2.80. The molecular weight excluding hydrogens is 300 g/mol. The third kappa shape index (κ3) is 3.51. The van der Waals surface area contributed by atoms with Gasteiger partial charge in [-0.3, -0.25) is 0 Å². The number of hydrogen-bond acceptors (Lipinski definition) is 5. The van der Waals surface area contributed by atoms with Crippen LogP contribution in [0.25, 0.3) is 0 Å². The summed E-state index contributed by atoms with van der Waals surface area (Å²) in [5.74, 6) is 0.